The van der Waals surface area contributed by atoms with Crippen LogP contribution in [0.15, 0.2) is 72.8 Å². The Hall–Kier alpha value is -3.06. The number of unbranched alkanes of at least 4 members (excludes halogenated alkanes) is 1. The van der Waals surface area contributed by atoms with Gasteiger partial charge in [-0.05, 0) is 96.2 Å². The van der Waals surface area contributed by atoms with Gasteiger partial charge in [0.15, 0.2) is 5.44 Å². The minimum absolute atomic E-state index is 0.0388. The van der Waals surface area contributed by atoms with Crippen LogP contribution in [0.3, 0.4) is 0 Å². The van der Waals surface area contributed by atoms with Crippen LogP contribution in [0.1, 0.15) is 74.1 Å². The van der Waals surface area contributed by atoms with Gasteiger partial charge < -0.3 is 9.84 Å². The highest BCUT2D eigenvalue weighted by atomic mass is 32.2. The molecule has 0 aromatic heterocycles. The summed E-state index contributed by atoms with van der Waals surface area (Å²) in [5, 5.41) is 10.1. The van der Waals surface area contributed by atoms with Gasteiger partial charge in [-0.25, -0.2) is 0 Å². The van der Waals surface area contributed by atoms with Crippen molar-refractivity contribution in [1.29, 1.82) is 0 Å². The Balaban J connectivity index is 1.62. The van der Waals surface area contributed by atoms with E-state index in [9.17, 15) is 22.5 Å². The third kappa shape index (κ3) is 7.98. The number of phenols is 1. The molecule has 0 amide bonds. The first kappa shape index (κ1) is 28.9. The molecule has 1 aliphatic rings. The lowest BCUT2D eigenvalue weighted by Crippen LogP contribution is -2.25. The highest BCUT2D eigenvalue weighted by Gasteiger charge is 2.28. The van der Waals surface area contributed by atoms with E-state index in [-0.39, 0.29) is 17.9 Å². The number of aryl methyl sites for hydroxylation is 1. The number of benzene rings is 3. The molecule has 1 N–H and O–H groups in total. The maximum absolute atomic E-state index is 12.8. The number of hydrogen-bond acceptors (Lipinski definition) is 3. The van der Waals surface area contributed by atoms with Gasteiger partial charge in [0, 0.05) is 12.2 Å². The number of fused-ring (bicyclic) bond motifs is 1. The monoisotopic (exact) mass is 556 g/mol. The zero-order valence-corrected chi connectivity index (χ0v) is 23.0. The number of halogens is 3. The van der Waals surface area contributed by atoms with Gasteiger partial charge in [-0.2, -0.15) is 13.2 Å². The minimum atomic E-state index is -4.25. The summed E-state index contributed by atoms with van der Waals surface area (Å²) in [4.78, 5) is 0. The second-order valence-electron chi connectivity index (χ2n) is 9.93. The normalized spacial score (nSPS) is 15.4. The van der Waals surface area contributed by atoms with Crippen LogP contribution in [-0.4, -0.2) is 26.7 Å². The number of hydrogen-bond donors (Lipinski definition) is 1. The number of rotatable bonds is 11. The molecule has 0 aliphatic heterocycles. The molecular formula is C32H35F3O3S. The smallest absolute Gasteiger partial charge is 0.389 e. The van der Waals surface area contributed by atoms with Crippen molar-refractivity contribution in [3.8, 4) is 11.5 Å². The fraction of sp³-hybridized carbons (Fsp3) is 0.375. The molecule has 4 rings (SSSR count). The molecule has 0 spiro atoms. The molecule has 0 radical (unpaired) electrons. The molecule has 39 heavy (non-hydrogen) atoms. The predicted octanol–water partition coefficient (Wildman–Crippen LogP) is 8.67. The lowest BCUT2D eigenvalue weighted by Gasteiger charge is -2.20. The predicted molar refractivity (Wildman–Crippen MR) is 152 cm³/mol. The highest BCUT2D eigenvalue weighted by Crippen LogP contribution is 2.41. The fourth-order valence-electron chi connectivity index (χ4n) is 5.04. The first-order chi connectivity index (χ1) is 18.7. The lowest BCUT2D eigenvalue weighted by atomic mass is 9.88. The van der Waals surface area contributed by atoms with Crippen molar-refractivity contribution < 1.29 is 27.2 Å². The quantitative estimate of drug-likeness (QED) is 0.257. The van der Waals surface area contributed by atoms with E-state index in [1.807, 2.05) is 61.5 Å². The fourth-order valence-corrected chi connectivity index (χ4v) is 6.38. The number of phenolic OH excluding ortho intramolecular Hbond substituents is 1. The molecule has 0 saturated carbocycles. The van der Waals surface area contributed by atoms with Gasteiger partial charge >= 0.3 is 6.18 Å². The van der Waals surface area contributed by atoms with Gasteiger partial charge in [0.05, 0.1) is 10.8 Å². The molecule has 0 saturated heterocycles. The molecule has 1 unspecified atom stereocenters. The van der Waals surface area contributed by atoms with Crippen LogP contribution in [0.25, 0.3) is 11.1 Å². The Kier molecular flexibility index (Phi) is 9.89. The number of aromatic hydroxyl groups is 1. The summed E-state index contributed by atoms with van der Waals surface area (Å²) < 4.78 is 56.7. The standard InChI is InChI=1S/C32H35F3O3S/c1-2-3-13-30(39(37)21-8-20-32(33,34)35)38-27-17-14-24(15-18-27)31-28(23-9-5-4-6-10-23)12-7-11-25-22-26(36)16-19-29(25)31/h4-6,9-10,14-19,22,30,36H,2-3,7-8,11-13,20-21H2,1H3/t30-,39?/m0/s1. The maximum atomic E-state index is 12.8. The Morgan fingerprint density at radius 2 is 1.69 bits per heavy atom. The van der Waals surface area contributed by atoms with E-state index in [1.165, 1.54) is 5.57 Å². The van der Waals surface area contributed by atoms with Gasteiger partial charge in [-0.15, -0.1) is 0 Å². The van der Waals surface area contributed by atoms with Gasteiger partial charge in [-0.3, -0.25) is 4.21 Å². The summed E-state index contributed by atoms with van der Waals surface area (Å²) >= 11 is 0. The SMILES string of the molecule is CCCC[C@@H](Oc1ccc(C2=C(c3ccccc3)CCCc3cc(O)ccc32)cc1)S(=O)CCCC(F)(F)F. The highest BCUT2D eigenvalue weighted by molar-refractivity contribution is 7.85. The van der Waals surface area contributed by atoms with E-state index in [0.29, 0.717) is 12.2 Å². The van der Waals surface area contributed by atoms with Crippen molar-refractivity contribution in [2.75, 3.05) is 5.75 Å². The summed E-state index contributed by atoms with van der Waals surface area (Å²) in [6.07, 6.45) is -0.454. The van der Waals surface area contributed by atoms with E-state index in [4.69, 9.17) is 4.74 Å². The van der Waals surface area contributed by atoms with Crippen LogP contribution in [0.5, 0.6) is 11.5 Å². The van der Waals surface area contributed by atoms with Crippen LogP contribution in [0, 0.1) is 0 Å². The largest absolute Gasteiger partial charge is 0.508 e. The molecule has 3 aromatic rings. The Morgan fingerprint density at radius 1 is 0.949 bits per heavy atom. The van der Waals surface area contributed by atoms with Crippen LogP contribution in [-0.2, 0) is 17.2 Å². The zero-order valence-electron chi connectivity index (χ0n) is 22.2. The molecule has 3 nitrogen and oxygen atoms in total. The number of alkyl halides is 3. The second kappa shape index (κ2) is 13.3. The topological polar surface area (TPSA) is 46.5 Å². The van der Waals surface area contributed by atoms with Crippen molar-refractivity contribution >= 4 is 21.9 Å². The van der Waals surface area contributed by atoms with Crippen LogP contribution >= 0.6 is 0 Å². The minimum Gasteiger partial charge on any atom is -0.508 e. The molecular weight excluding hydrogens is 521 g/mol. The average molecular weight is 557 g/mol. The molecule has 3 aromatic carbocycles. The van der Waals surface area contributed by atoms with Gasteiger partial charge in [0.25, 0.3) is 0 Å². The lowest BCUT2D eigenvalue weighted by molar-refractivity contribution is -0.134. The summed E-state index contributed by atoms with van der Waals surface area (Å²) in [5.41, 5.74) is 6.05. The van der Waals surface area contributed by atoms with Gasteiger partial charge in [-0.1, -0.05) is 61.9 Å². The number of allylic oxidation sites excluding steroid dienone is 1. The van der Waals surface area contributed by atoms with Crippen molar-refractivity contribution in [2.45, 2.75) is 69.9 Å². The summed E-state index contributed by atoms with van der Waals surface area (Å²) in [7, 11) is -1.52. The molecule has 0 heterocycles. The zero-order chi connectivity index (χ0) is 27.8. The van der Waals surface area contributed by atoms with Gasteiger partial charge in [0.2, 0.25) is 0 Å². The second-order valence-corrected chi connectivity index (χ2v) is 11.6. The average Bonchev–Trinajstić information content (AvgIpc) is 3.10. The van der Waals surface area contributed by atoms with E-state index >= 15 is 0 Å². The molecule has 2 atom stereocenters. The number of ether oxygens (including phenoxy) is 1. The van der Waals surface area contributed by atoms with E-state index < -0.39 is 28.8 Å². The maximum Gasteiger partial charge on any atom is 0.389 e. The summed E-state index contributed by atoms with van der Waals surface area (Å²) in [6.45, 7) is 2.01. The molecule has 208 valence electrons. The van der Waals surface area contributed by atoms with Crippen molar-refractivity contribution in [1.82, 2.24) is 0 Å². The summed E-state index contributed by atoms with van der Waals surface area (Å²) in [5.74, 6) is 0.759. The van der Waals surface area contributed by atoms with Crippen molar-refractivity contribution in [3.05, 3.63) is 95.1 Å². The van der Waals surface area contributed by atoms with Crippen LogP contribution < -0.4 is 4.74 Å². The van der Waals surface area contributed by atoms with Crippen molar-refractivity contribution in [3.63, 3.8) is 0 Å². The first-order valence-corrected chi connectivity index (χ1v) is 14.9. The van der Waals surface area contributed by atoms with Crippen molar-refractivity contribution in [2.24, 2.45) is 0 Å². The van der Waals surface area contributed by atoms with E-state index in [1.54, 1.807) is 6.07 Å². The third-order valence-electron chi connectivity index (χ3n) is 6.96. The summed E-state index contributed by atoms with van der Waals surface area (Å²) in [6, 6.07) is 23.5. The molecule has 0 fully saturated rings. The Bertz CT molecular complexity index is 1280. The molecule has 0 bridgehead atoms. The Labute approximate surface area is 231 Å². The Morgan fingerprint density at radius 3 is 2.38 bits per heavy atom. The first-order valence-electron chi connectivity index (χ1n) is 13.6. The van der Waals surface area contributed by atoms with Crippen LogP contribution in [0.4, 0.5) is 13.2 Å². The molecule has 1 aliphatic carbocycles. The van der Waals surface area contributed by atoms with E-state index in [2.05, 4.69) is 12.1 Å². The van der Waals surface area contributed by atoms with E-state index in [0.717, 1.165) is 59.9 Å². The van der Waals surface area contributed by atoms with Gasteiger partial charge in [0.1, 0.15) is 11.5 Å². The van der Waals surface area contributed by atoms with Crippen LogP contribution in [0.2, 0.25) is 0 Å². The third-order valence-corrected chi connectivity index (χ3v) is 8.57. The molecule has 7 heteroatoms.